The number of methoxy groups -OCH3 is 2. The van der Waals surface area contributed by atoms with E-state index in [4.69, 9.17) is 32.6 Å². The molecular formula is C63H77N5O12S3. The topological polar surface area (TPSA) is 175 Å². The number of likely N-dealkylation sites (N-methyl/N-ethyl adjacent to an activating group) is 1. The fraction of sp³-hybridized carbons (Fsp3) is 0.460. The molecule has 83 heavy (non-hydrogen) atoms. The van der Waals surface area contributed by atoms with E-state index in [1.807, 2.05) is 78.4 Å². The number of fused-ring (bicyclic) bond motifs is 8. The molecule has 0 bridgehead atoms. The lowest BCUT2D eigenvalue weighted by molar-refractivity contribution is -0.117. The normalized spacial score (nSPS) is 16.8. The molecule has 3 atom stereocenters. The number of ketones is 1. The van der Waals surface area contributed by atoms with Gasteiger partial charge in [0.1, 0.15) is 24.2 Å². The number of aryl methyl sites for hydroxylation is 2. The van der Waals surface area contributed by atoms with Crippen molar-refractivity contribution in [3.05, 3.63) is 136 Å². The number of nitrogens with zero attached hydrogens (tertiary/aromatic N) is 5. The molecule has 5 aromatic carbocycles. The van der Waals surface area contributed by atoms with Crippen molar-refractivity contribution in [3.8, 4) is 17.2 Å². The zero-order valence-corrected chi connectivity index (χ0v) is 51.3. The number of hydrogen-bond donors (Lipinski definition) is 0. The largest absolute Gasteiger partial charge is 0.493 e. The highest BCUT2D eigenvalue weighted by Crippen LogP contribution is 2.44. The maximum atomic E-state index is 14.5. The third kappa shape index (κ3) is 14.5. The van der Waals surface area contributed by atoms with E-state index in [-0.39, 0.29) is 50.1 Å². The molecule has 0 N–H and O–H groups in total. The molecule has 9 rings (SSSR count). The van der Waals surface area contributed by atoms with Gasteiger partial charge in [0, 0.05) is 79.0 Å². The maximum Gasteiger partial charge on any atom is 0.277 e. The fourth-order valence-electron chi connectivity index (χ4n) is 11.5. The standard InChI is InChI=1S/C63H77N5O12S3/c1-9-64-37-56(69)60(83(72,73)76-8)20-27-81-82-63(3,4)41-66(21-22-77-25-26-78-24-23-74-6)49-30-43(39-79-57-34-45-18-19-48-32-46-14-10-12-16-53(46)67(48)61(70)51(45)28-42(57)2)29-44(31-49)40-80-59-36-55-52(35-58(59)75-7)62(71)68-50(38-65(55)5)33-47-15-11-13-17-54(47)68/h9-17,28-31,34-36,48,50,60H,18-27,32-33,37-41H2,1-8H3/t48-,50+,60?/m1/s1. The smallest absolute Gasteiger partial charge is 0.277 e. The summed E-state index contributed by atoms with van der Waals surface area (Å²) in [6.07, 6.45) is 4.74. The molecule has 4 heterocycles. The lowest BCUT2D eigenvalue weighted by Gasteiger charge is -2.34. The van der Waals surface area contributed by atoms with Crippen LogP contribution in [-0.4, -0.2) is 148 Å². The molecule has 0 fully saturated rings. The third-order valence-electron chi connectivity index (χ3n) is 15.6. The van der Waals surface area contributed by atoms with Gasteiger partial charge in [-0.25, -0.2) is 0 Å². The van der Waals surface area contributed by atoms with Gasteiger partial charge in [-0.3, -0.25) is 23.6 Å². The number of anilines is 4. The SMILES string of the molecule is CC=NCC(=O)C(CCSSC(C)(C)CN(CCOCCOCCOC)c1cc(COc2cc3c(cc2C)C(=O)N2c4ccccc4C[C@H]2CC3)cc(COc2cc3c(cc2OC)C(=O)N2c4ccccc4C[C@H]2CN3C)c1)S(=O)(=O)OC. The molecule has 444 valence electrons. The van der Waals surface area contributed by atoms with Gasteiger partial charge in [0.25, 0.3) is 21.9 Å². The van der Waals surface area contributed by atoms with Crippen LogP contribution >= 0.6 is 21.6 Å². The van der Waals surface area contributed by atoms with Crippen molar-refractivity contribution in [1.29, 1.82) is 0 Å². The first-order valence-electron chi connectivity index (χ1n) is 28.3. The molecule has 0 radical (unpaired) electrons. The molecule has 1 unspecified atom stereocenters. The summed E-state index contributed by atoms with van der Waals surface area (Å²) in [6, 6.07) is 30.4. The van der Waals surface area contributed by atoms with Crippen molar-refractivity contribution in [1.82, 2.24) is 0 Å². The predicted octanol–water partition coefficient (Wildman–Crippen LogP) is 9.74. The number of benzene rings is 5. The van der Waals surface area contributed by atoms with Gasteiger partial charge in [0.05, 0.1) is 71.1 Å². The highest BCUT2D eigenvalue weighted by molar-refractivity contribution is 8.77. The molecule has 20 heteroatoms. The van der Waals surface area contributed by atoms with Crippen LogP contribution in [0.15, 0.2) is 96.0 Å². The van der Waals surface area contributed by atoms with E-state index in [1.165, 1.54) is 22.6 Å². The molecule has 0 aromatic heterocycles. The summed E-state index contributed by atoms with van der Waals surface area (Å²) in [5, 5.41) is -1.33. The van der Waals surface area contributed by atoms with Gasteiger partial charge in [0.2, 0.25) is 0 Å². The Bertz CT molecular complexity index is 3280. The Hall–Kier alpha value is -6.13. The van der Waals surface area contributed by atoms with Gasteiger partial charge in [-0.1, -0.05) is 58.0 Å². The first-order chi connectivity index (χ1) is 40.0. The summed E-state index contributed by atoms with van der Waals surface area (Å²) in [6.45, 7) is 11.8. The molecular weight excluding hydrogens is 1110 g/mol. The van der Waals surface area contributed by atoms with Crippen molar-refractivity contribution in [2.75, 3.05) is 113 Å². The predicted molar refractivity (Wildman–Crippen MR) is 331 cm³/mol. The van der Waals surface area contributed by atoms with Crippen LogP contribution in [0.1, 0.15) is 87.7 Å². The van der Waals surface area contributed by atoms with Crippen LogP contribution in [0.25, 0.3) is 0 Å². The third-order valence-corrected chi connectivity index (χ3v) is 20.5. The van der Waals surface area contributed by atoms with Gasteiger partial charge in [-0.2, -0.15) is 8.42 Å². The Balaban J connectivity index is 1.00. The van der Waals surface area contributed by atoms with Crippen molar-refractivity contribution in [2.24, 2.45) is 4.99 Å². The molecule has 4 aliphatic heterocycles. The Morgan fingerprint density at radius 3 is 2.08 bits per heavy atom. The van der Waals surface area contributed by atoms with E-state index in [2.05, 4.69) is 59.0 Å². The van der Waals surface area contributed by atoms with Crippen LogP contribution in [0.5, 0.6) is 17.2 Å². The lowest BCUT2D eigenvalue weighted by Crippen LogP contribution is -2.41. The monoisotopic (exact) mass is 1190 g/mol. The number of rotatable bonds is 29. The molecule has 2 amide bonds. The van der Waals surface area contributed by atoms with Crippen LogP contribution in [0.4, 0.5) is 22.7 Å². The first kappa shape index (κ1) is 61.4. The number of aliphatic imine (C=N–C) groups is 1. The van der Waals surface area contributed by atoms with E-state index >= 15 is 0 Å². The van der Waals surface area contributed by atoms with Gasteiger partial charge in [0.15, 0.2) is 17.3 Å². The molecule has 0 spiro atoms. The van der Waals surface area contributed by atoms with E-state index in [0.717, 1.165) is 83.4 Å². The van der Waals surface area contributed by atoms with E-state index in [9.17, 15) is 22.8 Å². The lowest BCUT2D eigenvalue weighted by atomic mass is 9.98. The summed E-state index contributed by atoms with van der Waals surface area (Å²) in [5.41, 5.74) is 10.7. The van der Waals surface area contributed by atoms with Crippen molar-refractivity contribution in [3.63, 3.8) is 0 Å². The van der Waals surface area contributed by atoms with Gasteiger partial charge in [-0.15, -0.1) is 0 Å². The average molecular weight is 1190 g/mol. The van der Waals surface area contributed by atoms with Crippen molar-refractivity contribution >= 4 is 78.3 Å². The minimum atomic E-state index is -4.13. The highest BCUT2D eigenvalue weighted by atomic mass is 33.1. The Labute approximate surface area is 496 Å². The number of amides is 2. The maximum absolute atomic E-state index is 14.5. The zero-order chi connectivity index (χ0) is 58.8. The van der Waals surface area contributed by atoms with Crippen LogP contribution < -0.4 is 33.8 Å². The number of ether oxygens (including phenoxy) is 6. The van der Waals surface area contributed by atoms with Crippen molar-refractivity contribution in [2.45, 2.75) is 95.1 Å². The first-order valence-corrected chi connectivity index (χ1v) is 32.1. The van der Waals surface area contributed by atoms with Crippen LogP contribution in [-0.2, 0) is 65.8 Å². The van der Waals surface area contributed by atoms with Gasteiger partial charge >= 0.3 is 0 Å². The molecule has 5 aromatic rings. The van der Waals surface area contributed by atoms with Crippen molar-refractivity contribution < 1.29 is 55.4 Å². The molecule has 17 nitrogen and oxygen atoms in total. The average Bonchev–Trinajstić information content (AvgIpc) is 4.11. The second kappa shape index (κ2) is 27.7. The number of carbonyl (C=O) groups is 3. The number of hydrogen-bond acceptors (Lipinski definition) is 17. The minimum absolute atomic E-state index is 0.0213. The summed E-state index contributed by atoms with van der Waals surface area (Å²) < 4.78 is 66.7. The van der Waals surface area contributed by atoms with Crippen LogP contribution in [0, 0.1) is 6.92 Å². The van der Waals surface area contributed by atoms with E-state index in [0.29, 0.717) is 86.8 Å². The summed E-state index contributed by atoms with van der Waals surface area (Å²) in [4.78, 5) is 54.1. The highest BCUT2D eigenvalue weighted by Gasteiger charge is 2.41. The number of Topliss-reactive ketones (excluding diaryl/α,β-unsaturated/α-hetero) is 1. The summed E-state index contributed by atoms with van der Waals surface area (Å²) in [7, 11) is 5.28. The fourth-order valence-corrected chi connectivity index (χ4v) is 15.3. The molecule has 4 aliphatic rings. The Morgan fingerprint density at radius 1 is 0.771 bits per heavy atom. The quantitative estimate of drug-likeness (QED) is 0.0191. The van der Waals surface area contributed by atoms with Crippen LogP contribution in [0.3, 0.4) is 0 Å². The van der Waals surface area contributed by atoms with Gasteiger partial charge < -0.3 is 48.0 Å². The summed E-state index contributed by atoms with van der Waals surface area (Å²) in [5.74, 6) is 1.42. The van der Waals surface area contributed by atoms with Crippen LogP contribution in [0.2, 0.25) is 0 Å². The van der Waals surface area contributed by atoms with E-state index < -0.39 is 25.9 Å². The van der Waals surface area contributed by atoms with Gasteiger partial charge in [-0.05, 0) is 148 Å². The number of carbonyl (C=O) groups excluding carboxylic acids is 3. The Kier molecular flexibility index (Phi) is 20.5. The minimum Gasteiger partial charge on any atom is -0.493 e. The number of para-hydroxylation sites is 2. The second-order valence-electron chi connectivity index (χ2n) is 21.9. The molecule has 0 saturated carbocycles. The second-order valence-corrected chi connectivity index (χ2v) is 26.9. The van der Waals surface area contributed by atoms with E-state index in [1.54, 1.807) is 38.0 Å². The Morgan fingerprint density at radius 2 is 1.41 bits per heavy atom. The molecule has 0 aliphatic carbocycles. The zero-order valence-electron chi connectivity index (χ0n) is 48.9. The molecule has 0 saturated heterocycles. The summed E-state index contributed by atoms with van der Waals surface area (Å²) >= 11 is 0.